The Kier molecular flexibility index (Phi) is 5.63. The lowest BCUT2D eigenvalue weighted by molar-refractivity contribution is -0.118. The highest BCUT2D eigenvalue weighted by molar-refractivity contribution is 6.00. The zero-order valence-corrected chi connectivity index (χ0v) is 14.5. The number of benzene rings is 2. The molecule has 2 aromatic rings. The summed E-state index contributed by atoms with van der Waals surface area (Å²) in [6, 6.07) is 19.0. The lowest BCUT2D eigenvalue weighted by Crippen LogP contribution is -2.17. The molecule has 0 aromatic heterocycles. The summed E-state index contributed by atoms with van der Waals surface area (Å²) in [6.45, 7) is 2.21. The molecule has 1 heteroatoms. The van der Waals surface area contributed by atoms with Crippen molar-refractivity contribution in [1.29, 1.82) is 0 Å². The van der Waals surface area contributed by atoms with E-state index in [0.29, 0.717) is 5.78 Å². The predicted molar refractivity (Wildman–Crippen MR) is 102 cm³/mol. The first-order valence-electron chi connectivity index (χ1n) is 9.18. The molecular formula is C23H26O. The van der Waals surface area contributed by atoms with E-state index in [4.69, 9.17) is 0 Å². The van der Waals surface area contributed by atoms with Gasteiger partial charge < -0.3 is 0 Å². The topological polar surface area (TPSA) is 17.1 Å². The van der Waals surface area contributed by atoms with Gasteiger partial charge in [-0.1, -0.05) is 80.8 Å². The van der Waals surface area contributed by atoms with Gasteiger partial charge in [0.05, 0.1) is 0 Å². The van der Waals surface area contributed by atoms with Crippen molar-refractivity contribution in [2.45, 2.75) is 45.4 Å². The highest BCUT2D eigenvalue weighted by atomic mass is 16.1. The minimum absolute atomic E-state index is 0.254. The molecule has 0 amide bonds. The first-order chi connectivity index (χ1) is 11.8. The standard InChI is InChI=1S/C23H26O/c1-2-3-5-10-21-15-16-22(17-23(21)24)20-13-11-19(12-14-20)18-8-6-4-7-9-18/h4,6-9,11-14,17,21H,2-3,5,10,15-16H2,1H3/t21-/m1/s1. The maximum absolute atomic E-state index is 12.4. The summed E-state index contributed by atoms with van der Waals surface area (Å²) in [5, 5.41) is 0. The second-order valence-corrected chi connectivity index (χ2v) is 6.75. The van der Waals surface area contributed by atoms with Gasteiger partial charge in [-0.05, 0) is 47.6 Å². The van der Waals surface area contributed by atoms with E-state index < -0.39 is 0 Å². The third-order valence-corrected chi connectivity index (χ3v) is 5.00. The highest BCUT2D eigenvalue weighted by Crippen LogP contribution is 2.32. The molecule has 1 atom stereocenters. The van der Waals surface area contributed by atoms with Crippen LogP contribution in [0.25, 0.3) is 16.7 Å². The summed E-state index contributed by atoms with van der Waals surface area (Å²) in [6.07, 6.45) is 8.63. The van der Waals surface area contributed by atoms with Crippen LogP contribution in [0.1, 0.15) is 51.0 Å². The average Bonchev–Trinajstić information content (AvgIpc) is 2.64. The fourth-order valence-electron chi connectivity index (χ4n) is 3.50. The molecule has 0 radical (unpaired) electrons. The summed E-state index contributed by atoms with van der Waals surface area (Å²) < 4.78 is 0. The first-order valence-corrected chi connectivity index (χ1v) is 9.18. The van der Waals surface area contributed by atoms with Crippen molar-refractivity contribution in [3.8, 4) is 11.1 Å². The van der Waals surface area contributed by atoms with E-state index in [1.807, 2.05) is 12.1 Å². The molecule has 3 rings (SSSR count). The van der Waals surface area contributed by atoms with Gasteiger partial charge in [0.15, 0.2) is 5.78 Å². The molecule has 124 valence electrons. The summed E-state index contributed by atoms with van der Waals surface area (Å²) in [7, 11) is 0. The van der Waals surface area contributed by atoms with Crippen LogP contribution in [0.4, 0.5) is 0 Å². The molecule has 0 N–H and O–H groups in total. The molecular weight excluding hydrogens is 292 g/mol. The van der Waals surface area contributed by atoms with Crippen LogP contribution in [0.2, 0.25) is 0 Å². The maximum Gasteiger partial charge on any atom is 0.159 e. The van der Waals surface area contributed by atoms with E-state index in [1.165, 1.54) is 41.5 Å². The number of allylic oxidation sites excluding steroid dienone is 2. The van der Waals surface area contributed by atoms with Crippen LogP contribution in [0.5, 0.6) is 0 Å². The van der Waals surface area contributed by atoms with E-state index >= 15 is 0 Å². The quantitative estimate of drug-likeness (QED) is 0.571. The van der Waals surface area contributed by atoms with Crippen molar-refractivity contribution in [3.63, 3.8) is 0 Å². The van der Waals surface area contributed by atoms with Crippen molar-refractivity contribution in [3.05, 3.63) is 66.2 Å². The zero-order chi connectivity index (χ0) is 16.8. The Balaban J connectivity index is 1.69. The fourth-order valence-corrected chi connectivity index (χ4v) is 3.50. The third kappa shape index (κ3) is 4.03. The highest BCUT2D eigenvalue weighted by Gasteiger charge is 2.22. The molecule has 1 aliphatic rings. The molecule has 1 nitrogen and oxygen atoms in total. The number of hydrogen-bond acceptors (Lipinski definition) is 1. The molecule has 0 bridgehead atoms. The van der Waals surface area contributed by atoms with Gasteiger partial charge >= 0.3 is 0 Å². The summed E-state index contributed by atoms with van der Waals surface area (Å²) in [4.78, 5) is 12.4. The van der Waals surface area contributed by atoms with Gasteiger partial charge in [-0.15, -0.1) is 0 Å². The normalized spacial score (nSPS) is 17.6. The van der Waals surface area contributed by atoms with Gasteiger partial charge in [-0.3, -0.25) is 4.79 Å². The van der Waals surface area contributed by atoms with Gasteiger partial charge in [0.2, 0.25) is 0 Å². The Morgan fingerprint density at radius 1 is 0.875 bits per heavy atom. The molecule has 24 heavy (non-hydrogen) atoms. The van der Waals surface area contributed by atoms with Crippen molar-refractivity contribution in [2.24, 2.45) is 5.92 Å². The zero-order valence-electron chi connectivity index (χ0n) is 14.5. The number of carbonyl (C=O) groups excluding carboxylic acids is 1. The fraction of sp³-hybridized carbons (Fsp3) is 0.348. The molecule has 0 aliphatic heterocycles. The second kappa shape index (κ2) is 8.10. The summed E-state index contributed by atoms with van der Waals surface area (Å²) in [5.41, 5.74) is 4.84. The van der Waals surface area contributed by atoms with Crippen LogP contribution >= 0.6 is 0 Å². The van der Waals surface area contributed by atoms with Gasteiger partial charge in [-0.2, -0.15) is 0 Å². The molecule has 0 spiro atoms. The summed E-state index contributed by atoms with van der Waals surface area (Å²) >= 11 is 0. The Bertz CT molecular complexity index is 695. The Morgan fingerprint density at radius 2 is 1.54 bits per heavy atom. The lowest BCUT2D eigenvalue weighted by atomic mass is 9.83. The van der Waals surface area contributed by atoms with E-state index in [9.17, 15) is 4.79 Å². The van der Waals surface area contributed by atoms with Crippen molar-refractivity contribution >= 4 is 11.4 Å². The minimum Gasteiger partial charge on any atom is -0.295 e. The number of hydrogen-bond donors (Lipinski definition) is 0. The third-order valence-electron chi connectivity index (χ3n) is 5.00. The first kappa shape index (κ1) is 16.7. The smallest absolute Gasteiger partial charge is 0.159 e. The Morgan fingerprint density at radius 3 is 2.21 bits per heavy atom. The van der Waals surface area contributed by atoms with Gasteiger partial charge in [0.1, 0.15) is 0 Å². The molecule has 0 saturated heterocycles. The number of rotatable bonds is 6. The number of carbonyl (C=O) groups is 1. The van der Waals surface area contributed by atoms with Crippen molar-refractivity contribution in [2.75, 3.05) is 0 Å². The summed E-state index contributed by atoms with van der Waals surface area (Å²) in [5.74, 6) is 0.586. The number of unbranched alkanes of at least 4 members (excludes halogenated alkanes) is 2. The molecule has 0 heterocycles. The van der Waals surface area contributed by atoms with Crippen molar-refractivity contribution in [1.82, 2.24) is 0 Å². The van der Waals surface area contributed by atoms with Crippen LogP contribution in [0, 0.1) is 5.92 Å². The van der Waals surface area contributed by atoms with E-state index in [-0.39, 0.29) is 5.92 Å². The number of ketones is 1. The maximum atomic E-state index is 12.4. The van der Waals surface area contributed by atoms with Crippen LogP contribution in [-0.4, -0.2) is 5.78 Å². The average molecular weight is 318 g/mol. The Labute approximate surface area is 145 Å². The van der Waals surface area contributed by atoms with Crippen molar-refractivity contribution < 1.29 is 4.79 Å². The van der Waals surface area contributed by atoms with Crippen LogP contribution in [0.15, 0.2) is 60.7 Å². The molecule has 2 aromatic carbocycles. The largest absolute Gasteiger partial charge is 0.295 e. The second-order valence-electron chi connectivity index (χ2n) is 6.75. The monoisotopic (exact) mass is 318 g/mol. The van der Waals surface area contributed by atoms with Crippen LogP contribution in [0.3, 0.4) is 0 Å². The minimum atomic E-state index is 0.254. The Hall–Kier alpha value is -2.15. The predicted octanol–water partition coefficient (Wildman–Crippen LogP) is 6.30. The molecule has 0 fully saturated rings. The van der Waals surface area contributed by atoms with Gasteiger partial charge in [0, 0.05) is 5.92 Å². The van der Waals surface area contributed by atoms with Gasteiger partial charge in [-0.25, -0.2) is 0 Å². The molecule has 0 unspecified atom stereocenters. The van der Waals surface area contributed by atoms with E-state index in [1.54, 1.807) is 0 Å². The SMILES string of the molecule is CCCCC[C@@H]1CCC(c2ccc(-c3ccccc3)cc2)=CC1=O. The van der Waals surface area contributed by atoms with Crippen LogP contribution in [-0.2, 0) is 4.79 Å². The van der Waals surface area contributed by atoms with Crippen LogP contribution < -0.4 is 0 Å². The lowest BCUT2D eigenvalue weighted by Gasteiger charge is -2.21. The molecule has 1 aliphatic carbocycles. The van der Waals surface area contributed by atoms with E-state index in [2.05, 4.69) is 55.5 Å². The van der Waals surface area contributed by atoms with Gasteiger partial charge in [0.25, 0.3) is 0 Å². The molecule has 0 saturated carbocycles. The van der Waals surface area contributed by atoms with E-state index in [0.717, 1.165) is 19.3 Å².